The van der Waals surface area contributed by atoms with E-state index in [4.69, 9.17) is 0 Å². The minimum absolute atomic E-state index is 0.414. The molecule has 0 bridgehead atoms. The summed E-state index contributed by atoms with van der Waals surface area (Å²) in [5.74, 6) is 3.27. The van der Waals surface area contributed by atoms with Crippen molar-refractivity contribution in [1.29, 1.82) is 0 Å². The second kappa shape index (κ2) is 7.04. The normalized spacial score (nSPS) is 24.8. The highest BCUT2D eigenvalue weighted by Gasteiger charge is 2.26. The van der Waals surface area contributed by atoms with E-state index in [9.17, 15) is 4.79 Å². The Balaban J connectivity index is 1.53. The maximum atomic E-state index is 11.0. The van der Waals surface area contributed by atoms with Crippen LogP contribution in [0.3, 0.4) is 0 Å². The van der Waals surface area contributed by atoms with E-state index < -0.39 is 0 Å². The summed E-state index contributed by atoms with van der Waals surface area (Å²) in [5.41, 5.74) is 2.42. The van der Waals surface area contributed by atoms with Crippen LogP contribution in [0, 0.1) is 5.92 Å². The Morgan fingerprint density at radius 1 is 1.14 bits per heavy atom. The van der Waals surface area contributed by atoms with E-state index in [1.807, 2.05) is 0 Å². The van der Waals surface area contributed by atoms with E-state index in [0.717, 1.165) is 44.7 Å². The van der Waals surface area contributed by atoms with E-state index in [1.54, 1.807) is 0 Å². The number of piperidine rings is 2. The summed E-state index contributed by atoms with van der Waals surface area (Å²) in [6.45, 7) is 5.09. The number of benzene rings is 1. The maximum absolute atomic E-state index is 11.0. The van der Waals surface area contributed by atoms with E-state index in [-0.39, 0.29) is 0 Å². The molecule has 1 aromatic rings. The molecule has 21 heavy (non-hydrogen) atoms. The van der Waals surface area contributed by atoms with Crippen LogP contribution in [-0.2, 0) is 4.79 Å². The molecule has 1 atom stereocenters. The smallest absolute Gasteiger partial charge is 0.125 e. The van der Waals surface area contributed by atoms with Gasteiger partial charge in [0.25, 0.3) is 0 Å². The second-order valence-corrected chi connectivity index (χ2v) is 6.28. The Bertz CT molecular complexity index is 499. The molecule has 0 aliphatic carbocycles. The number of hydrogen-bond acceptors (Lipinski definition) is 3. The molecule has 2 aliphatic heterocycles. The van der Waals surface area contributed by atoms with Gasteiger partial charge in [-0.25, -0.2) is 4.79 Å². The summed E-state index contributed by atoms with van der Waals surface area (Å²) in [4.78, 5) is 13.6. The zero-order valence-corrected chi connectivity index (χ0v) is 12.6. The van der Waals surface area contributed by atoms with Crippen LogP contribution in [0.5, 0.6) is 0 Å². The molecule has 3 heteroatoms. The Hall–Kier alpha value is -1.41. The van der Waals surface area contributed by atoms with Gasteiger partial charge in [0.15, 0.2) is 0 Å². The van der Waals surface area contributed by atoms with Crippen LogP contribution in [0.2, 0.25) is 0 Å². The number of likely N-dealkylation sites (tertiary alicyclic amines) is 1. The van der Waals surface area contributed by atoms with Gasteiger partial charge in [0, 0.05) is 24.6 Å². The number of nitrogens with zero attached hydrogens (tertiary/aromatic N) is 1. The molecule has 3 rings (SSSR count). The summed E-state index contributed by atoms with van der Waals surface area (Å²) in [6, 6.07) is 10.9. The van der Waals surface area contributed by atoms with E-state index >= 15 is 0 Å². The molecule has 0 unspecified atom stereocenters. The fraction of sp³-hybridized carbons (Fsp3) is 0.556. The summed E-state index contributed by atoms with van der Waals surface area (Å²) >= 11 is 0. The third-order valence-electron chi connectivity index (χ3n) is 4.95. The zero-order chi connectivity index (χ0) is 14.5. The SMILES string of the molecule is O=C=C1CNCC[C@H]1CN1CCC(c2ccccc2)CC1. The Labute approximate surface area is 127 Å². The molecule has 0 amide bonds. The zero-order valence-electron chi connectivity index (χ0n) is 12.6. The third-order valence-corrected chi connectivity index (χ3v) is 4.95. The number of nitrogens with one attached hydrogen (secondary N) is 1. The van der Waals surface area contributed by atoms with Gasteiger partial charge in [0.05, 0.1) is 0 Å². The molecule has 1 aromatic carbocycles. The molecule has 2 saturated heterocycles. The summed E-state index contributed by atoms with van der Waals surface area (Å²) in [5, 5.41) is 3.26. The first-order valence-electron chi connectivity index (χ1n) is 8.08. The van der Waals surface area contributed by atoms with Gasteiger partial charge in [0.1, 0.15) is 5.94 Å². The molecule has 0 spiro atoms. The van der Waals surface area contributed by atoms with Crippen LogP contribution in [0.4, 0.5) is 0 Å². The van der Waals surface area contributed by atoms with Crippen molar-refractivity contribution in [2.75, 3.05) is 32.7 Å². The van der Waals surface area contributed by atoms with Crippen molar-refractivity contribution < 1.29 is 4.79 Å². The number of carbonyl (C=O) groups excluding carboxylic acids is 1. The molecular formula is C18H24N2O. The molecule has 0 saturated carbocycles. The highest BCUT2D eigenvalue weighted by Crippen LogP contribution is 2.29. The summed E-state index contributed by atoms with van der Waals surface area (Å²) in [7, 11) is 0. The quantitative estimate of drug-likeness (QED) is 0.864. The first kappa shape index (κ1) is 14.5. The summed E-state index contributed by atoms with van der Waals surface area (Å²) < 4.78 is 0. The van der Waals surface area contributed by atoms with Gasteiger partial charge in [0.2, 0.25) is 0 Å². The van der Waals surface area contributed by atoms with Crippen molar-refractivity contribution >= 4 is 5.94 Å². The lowest BCUT2D eigenvalue weighted by Crippen LogP contribution is -2.41. The molecule has 0 radical (unpaired) electrons. The van der Waals surface area contributed by atoms with E-state index in [1.165, 1.54) is 18.4 Å². The molecule has 2 aliphatic rings. The topological polar surface area (TPSA) is 32.3 Å². The predicted octanol–water partition coefficient (Wildman–Crippen LogP) is 2.23. The highest BCUT2D eigenvalue weighted by atomic mass is 16.1. The van der Waals surface area contributed by atoms with E-state index in [0.29, 0.717) is 11.8 Å². The molecular weight excluding hydrogens is 260 g/mol. The molecule has 112 valence electrons. The molecule has 1 N–H and O–H groups in total. The Morgan fingerprint density at radius 2 is 1.90 bits per heavy atom. The van der Waals surface area contributed by atoms with Gasteiger partial charge < -0.3 is 10.2 Å². The fourth-order valence-corrected chi connectivity index (χ4v) is 3.62. The van der Waals surface area contributed by atoms with Gasteiger partial charge >= 0.3 is 0 Å². The van der Waals surface area contributed by atoms with Crippen molar-refractivity contribution in [3.8, 4) is 0 Å². The minimum Gasteiger partial charge on any atom is -0.312 e. The Kier molecular flexibility index (Phi) is 4.87. The first-order chi connectivity index (χ1) is 10.4. The molecule has 2 fully saturated rings. The van der Waals surface area contributed by atoms with E-state index in [2.05, 4.69) is 46.5 Å². The monoisotopic (exact) mass is 284 g/mol. The minimum atomic E-state index is 0.414. The van der Waals surface area contributed by atoms with Gasteiger partial charge in [-0.3, -0.25) is 0 Å². The number of hydrogen-bond donors (Lipinski definition) is 1. The number of rotatable bonds is 3. The largest absolute Gasteiger partial charge is 0.312 e. The van der Waals surface area contributed by atoms with Gasteiger partial charge in [-0.1, -0.05) is 30.3 Å². The highest BCUT2D eigenvalue weighted by molar-refractivity contribution is 5.54. The van der Waals surface area contributed by atoms with Crippen LogP contribution in [0.15, 0.2) is 35.9 Å². The average molecular weight is 284 g/mol. The lowest BCUT2D eigenvalue weighted by atomic mass is 9.87. The van der Waals surface area contributed by atoms with Crippen molar-refractivity contribution in [3.63, 3.8) is 0 Å². The van der Waals surface area contributed by atoms with Crippen LogP contribution >= 0.6 is 0 Å². The van der Waals surface area contributed by atoms with Gasteiger partial charge in [-0.05, 0) is 50.4 Å². The van der Waals surface area contributed by atoms with Crippen molar-refractivity contribution in [2.45, 2.75) is 25.2 Å². The van der Waals surface area contributed by atoms with Crippen LogP contribution in [0.25, 0.3) is 0 Å². The molecule has 0 aromatic heterocycles. The predicted molar refractivity (Wildman–Crippen MR) is 85.0 cm³/mol. The Morgan fingerprint density at radius 3 is 2.62 bits per heavy atom. The fourth-order valence-electron chi connectivity index (χ4n) is 3.62. The van der Waals surface area contributed by atoms with Crippen LogP contribution in [0.1, 0.15) is 30.7 Å². The lowest BCUT2D eigenvalue weighted by Gasteiger charge is -2.35. The molecule has 2 heterocycles. The van der Waals surface area contributed by atoms with Crippen molar-refractivity contribution in [2.24, 2.45) is 5.92 Å². The maximum Gasteiger partial charge on any atom is 0.125 e. The first-order valence-corrected chi connectivity index (χ1v) is 8.08. The van der Waals surface area contributed by atoms with Crippen LogP contribution < -0.4 is 5.32 Å². The van der Waals surface area contributed by atoms with Crippen molar-refractivity contribution in [1.82, 2.24) is 10.2 Å². The van der Waals surface area contributed by atoms with Crippen molar-refractivity contribution in [3.05, 3.63) is 41.5 Å². The standard InChI is InChI=1S/C18H24N2O/c21-14-18-12-19-9-6-17(18)13-20-10-7-16(8-11-20)15-4-2-1-3-5-15/h1-5,16-17,19H,6-13H2/t17-/m0/s1. The molecule has 3 nitrogen and oxygen atoms in total. The van der Waals surface area contributed by atoms with Gasteiger partial charge in [-0.15, -0.1) is 0 Å². The van der Waals surface area contributed by atoms with Crippen LogP contribution in [-0.4, -0.2) is 43.6 Å². The third kappa shape index (κ3) is 3.62. The second-order valence-electron chi connectivity index (χ2n) is 6.28. The van der Waals surface area contributed by atoms with Gasteiger partial charge in [-0.2, -0.15) is 0 Å². The average Bonchev–Trinajstić information content (AvgIpc) is 2.57. The summed E-state index contributed by atoms with van der Waals surface area (Å²) in [6.07, 6.45) is 3.54. The lowest BCUT2D eigenvalue weighted by molar-refractivity contribution is 0.184.